The average Bonchev–Trinajstić information content (AvgIpc) is 1.16. The van der Waals surface area contributed by atoms with Crippen molar-refractivity contribution < 1.29 is 97.3 Å². The quantitative estimate of drug-likeness (QED) is 0.00547. The number of urea groups is 1. The summed E-state index contributed by atoms with van der Waals surface area (Å²) in [6.07, 6.45) is -4.32. The van der Waals surface area contributed by atoms with E-state index in [4.69, 9.17) is 15.2 Å². The summed E-state index contributed by atoms with van der Waals surface area (Å²) in [5, 5.41) is 19.2. The molecule has 9 N–H and O–H groups in total. The Hall–Kier alpha value is -8.47. The molecule has 2 aliphatic rings. The molecule has 0 saturated carbocycles. The lowest BCUT2D eigenvalue weighted by Gasteiger charge is -2.44. The summed E-state index contributed by atoms with van der Waals surface area (Å²) in [5.74, 6) is -23.5. The number of nitrogens with zero attached hydrogens (tertiary/aromatic N) is 5. The van der Waals surface area contributed by atoms with Crippen LogP contribution in [0.4, 0.5) is 45.6 Å². The number of halogens is 8. The third kappa shape index (κ3) is 25.3. The molecule has 5 rings (SSSR count). The standard InChI is InChI=1S/C75H109F8N13O13/c1-15-44(8)64(94(12)39-74(40-97,43(6)7)92-71(104)63(42(4)5)93(10)11)53(107-13)37-56(99)96-33-19-23-52(96)65(108-14)45(9)67(100)90-51(36-49-21-16-17-30-85-49)68(101)87-38-46-25-27-48(28-26-46)88-69(102)50(22-18-31-86-73(84)106)89-70(103)62(41(2)3)91-55(98)24-20-32-95-34-29-47(35-54(95)75(81,82)83)72(105)109-66-60(79)58(77)57(76)59(78)61(66)80/h16-17,21,25-28,30,40-45,47,50-54,62-65H,15,18-20,22-24,29,31-39H2,1-14H3,(H,87,101)(H,88,102)(H,89,103)(H,90,100)(H,91,98)(H,92,104)(H3,84,86,106)/t44-,45+,47?,50-,51-,52-,53+,54?,62-,63-,64-,65+,74+/m0/s1. The molecule has 109 heavy (non-hydrogen) atoms. The molecule has 9 amide bonds. The van der Waals surface area contributed by atoms with Crippen LogP contribution < -0.4 is 47.7 Å². The number of amides is 9. The molecule has 0 aliphatic carbocycles. The number of methoxy groups -OCH3 is 2. The van der Waals surface area contributed by atoms with E-state index in [9.17, 15) is 83.1 Å². The van der Waals surface area contributed by atoms with Crippen LogP contribution in [0.2, 0.25) is 0 Å². The third-order valence-corrected chi connectivity index (χ3v) is 20.5. The number of pyridine rings is 1. The van der Waals surface area contributed by atoms with Gasteiger partial charge >= 0.3 is 18.2 Å². The molecule has 2 fully saturated rings. The van der Waals surface area contributed by atoms with Crippen molar-refractivity contribution in [3.8, 4) is 5.75 Å². The van der Waals surface area contributed by atoms with Gasteiger partial charge in [0.2, 0.25) is 76.2 Å². The van der Waals surface area contributed by atoms with Crippen molar-refractivity contribution in [1.82, 2.24) is 56.5 Å². The van der Waals surface area contributed by atoms with Crippen LogP contribution in [-0.2, 0) is 65.6 Å². The fourth-order valence-corrected chi connectivity index (χ4v) is 14.2. The summed E-state index contributed by atoms with van der Waals surface area (Å²) in [6, 6.07) is 3.06. The van der Waals surface area contributed by atoms with E-state index in [0.29, 0.717) is 37.1 Å². The predicted octanol–water partition coefficient (Wildman–Crippen LogP) is 6.85. The fourth-order valence-electron chi connectivity index (χ4n) is 14.2. The number of primary amides is 1. The fraction of sp³-hybridized carbons (Fsp3) is 0.640. The molecule has 2 saturated heterocycles. The molecule has 0 bridgehead atoms. The second kappa shape index (κ2) is 42.1. The highest BCUT2D eigenvalue weighted by Gasteiger charge is 2.50. The number of likely N-dealkylation sites (tertiary alicyclic amines) is 2. The van der Waals surface area contributed by atoms with Gasteiger partial charge in [0.15, 0.2) is 0 Å². The van der Waals surface area contributed by atoms with E-state index in [2.05, 4.69) is 53.9 Å². The lowest BCUT2D eigenvalue weighted by atomic mass is 9.84. The highest BCUT2D eigenvalue weighted by atomic mass is 19.4. The van der Waals surface area contributed by atoms with Crippen molar-refractivity contribution in [2.45, 2.75) is 206 Å². The number of nitrogens with two attached hydrogens (primary N) is 1. The number of nitrogens with one attached hydrogen (secondary N) is 7. The van der Waals surface area contributed by atoms with Gasteiger partial charge in [0.1, 0.15) is 36.0 Å². The molecule has 2 unspecified atom stereocenters. The Morgan fingerprint density at radius 1 is 0.743 bits per heavy atom. The number of alkyl halides is 3. The molecule has 3 heterocycles. The summed E-state index contributed by atoms with van der Waals surface area (Å²) < 4.78 is 129. The minimum absolute atomic E-state index is 0.000484. The zero-order valence-corrected chi connectivity index (χ0v) is 64.5. The minimum atomic E-state index is -5.00. The van der Waals surface area contributed by atoms with Gasteiger partial charge in [0.25, 0.3) is 0 Å². The summed E-state index contributed by atoms with van der Waals surface area (Å²) in [6.45, 7) is 16.2. The van der Waals surface area contributed by atoms with Gasteiger partial charge < -0.3 is 66.9 Å². The molecule has 26 nitrogen and oxygen atoms in total. The van der Waals surface area contributed by atoms with E-state index in [0.717, 1.165) is 11.2 Å². The third-order valence-electron chi connectivity index (χ3n) is 20.5. The van der Waals surface area contributed by atoms with Crippen LogP contribution >= 0.6 is 0 Å². The number of carbonyl (C=O) groups is 10. The highest BCUT2D eigenvalue weighted by molar-refractivity contribution is 5.98. The number of piperidine rings is 1. The first kappa shape index (κ1) is 91.1. The molecule has 1 aromatic heterocycles. The first-order valence-corrected chi connectivity index (χ1v) is 36.8. The topological polar surface area (TPSA) is 334 Å². The van der Waals surface area contributed by atoms with Crippen LogP contribution in [0.15, 0.2) is 48.7 Å². The Kier molecular flexibility index (Phi) is 35.2. The van der Waals surface area contributed by atoms with Gasteiger partial charge in [0.05, 0.1) is 42.5 Å². The van der Waals surface area contributed by atoms with Crippen LogP contribution in [0.1, 0.15) is 138 Å². The van der Waals surface area contributed by atoms with Gasteiger partial charge in [-0.05, 0) is 133 Å². The minimum Gasteiger partial charge on any atom is -0.420 e. The average molecular weight is 1550 g/mol. The Labute approximate surface area is 631 Å². The Bertz CT molecular complexity index is 3530. The molecule has 3 aromatic rings. The number of ether oxygens (including phenoxy) is 3. The monoisotopic (exact) mass is 1550 g/mol. The second-order valence-corrected chi connectivity index (χ2v) is 29.5. The summed E-state index contributed by atoms with van der Waals surface area (Å²) in [7, 11) is 8.51. The highest BCUT2D eigenvalue weighted by Crippen LogP contribution is 2.38. The molecule has 2 aromatic carbocycles. The number of rotatable bonds is 41. The SMILES string of the molecule is CC[C@H](C)[C@@H]([C@@H](CC(=O)N1CCC[C@H]1[C@H](OC)[C@@H](C)C(=O)N[C@@H](Cc1ccccn1)C(=O)NCc1ccc(NC(=O)[C@H](CCCNC(N)=O)NC(=O)[C@@H](NC(=O)CCCN2CCC(C(=O)Oc3c(F)c(F)c(F)c(F)c3F)CC2C(F)(F)F)C(C)C)cc1)OC)N(C)C[C@](C=O)(NC(=O)[C@H](C(C)C)N(C)C)C(C)C. The molecule has 608 valence electrons. The number of aromatic nitrogens is 1. The first-order valence-electron chi connectivity index (χ1n) is 36.8. The van der Waals surface area contributed by atoms with E-state index in [1.165, 1.54) is 19.2 Å². The van der Waals surface area contributed by atoms with Crippen LogP contribution in [0, 0.1) is 64.6 Å². The second-order valence-electron chi connectivity index (χ2n) is 29.5. The van der Waals surface area contributed by atoms with E-state index in [-0.39, 0.29) is 106 Å². The van der Waals surface area contributed by atoms with Crippen molar-refractivity contribution >= 4 is 65.3 Å². The lowest BCUT2D eigenvalue weighted by Crippen LogP contribution is -2.65. The Morgan fingerprint density at radius 2 is 1.39 bits per heavy atom. The Balaban J connectivity index is 1.22. The largest absolute Gasteiger partial charge is 0.420 e. The van der Waals surface area contributed by atoms with Crippen LogP contribution in [0.25, 0.3) is 0 Å². The van der Waals surface area contributed by atoms with Crippen molar-refractivity contribution in [1.29, 1.82) is 0 Å². The zero-order valence-electron chi connectivity index (χ0n) is 64.5. The number of likely N-dealkylation sites (N-methyl/N-ethyl adjacent to an activating group) is 2. The molecule has 2 aliphatic heterocycles. The molecule has 0 spiro atoms. The molecular formula is C75H109F8N13O13. The summed E-state index contributed by atoms with van der Waals surface area (Å²) in [5.41, 5.74) is 5.26. The van der Waals surface area contributed by atoms with Crippen molar-refractivity contribution in [2.24, 2.45) is 41.2 Å². The Morgan fingerprint density at radius 3 is 1.94 bits per heavy atom. The van der Waals surface area contributed by atoms with E-state index in [1.54, 1.807) is 69.3 Å². The number of carbonyl (C=O) groups excluding carboxylic acids is 10. The van der Waals surface area contributed by atoms with E-state index >= 15 is 0 Å². The van der Waals surface area contributed by atoms with Gasteiger partial charge in [0, 0.05) is 76.9 Å². The smallest absolute Gasteiger partial charge is 0.404 e. The number of hydrogen-bond donors (Lipinski definition) is 8. The maximum atomic E-state index is 14.7. The van der Waals surface area contributed by atoms with Gasteiger partial charge in [-0.25, -0.2) is 18.0 Å². The summed E-state index contributed by atoms with van der Waals surface area (Å²) in [4.78, 5) is 147. The van der Waals surface area contributed by atoms with E-state index < -0.39 is 174 Å². The van der Waals surface area contributed by atoms with Gasteiger partial charge in [-0.2, -0.15) is 22.0 Å². The van der Waals surface area contributed by atoms with Crippen molar-refractivity contribution in [3.05, 3.63) is 89.0 Å². The lowest BCUT2D eigenvalue weighted by molar-refractivity contribution is -0.197. The molecular weight excluding hydrogens is 1440 g/mol. The molecule has 34 heteroatoms. The number of esters is 1. The van der Waals surface area contributed by atoms with Crippen molar-refractivity contribution in [2.75, 3.05) is 73.4 Å². The molecule has 0 radical (unpaired) electrons. The maximum absolute atomic E-state index is 14.7. The normalized spacial score (nSPS) is 18.7. The van der Waals surface area contributed by atoms with Gasteiger partial charge in [-0.3, -0.25) is 58.0 Å². The molecule has 13 atom stereocenters. The number of aldehydes is 1. The predicted molar refractivity (Wildman–Crippen MR) is 388 cm³/mol. The van der Waals surface area contributed by atoms with Gasteiger partial charge in [-0.15, -0.1) is 0 Å². The first-order chi connectivity index (χ1) is 51.2. The number of hydrogen-bond acceptors (Lipinski definition) is 17. The zero-order chi connectivity index (χ0) is 81.5. The van der Waals surface area contributed by atoms with Gasteiger partial charge in [-0.1, -0.05) is 86.9 Å². The maximum Gasteiger partial charge on any atom is 0.404 e. The van der Waals surface area contributed by atoms with Crippen LogP contribution in [0.3, 0.4) is 0 Å². The summed E-state index contributed by atoms with van der Waals surface area (Å²) >= 11 is 0. The van der Waals surface area contributed by atoms with E-state index in [1.807, 2.05) is 65.6 Å². The van der Waals surface area contributed by atoms with Crippen LogP contribution in [0.5, 0.6) is 5.75 Å². The van der Waals surface area contributed by atoms with Crippen molar-refractivity contribution in [3.63, 3.8) is 0 Å². The number of benzene rings is 2. The van der Waals surface area contributed by atoms with Crippen LogP contribution in [-0.4, -0.2) is 219 Å². The number of anilines is 1.